The zero-order valence-corrected chi connectivity index (χ0v) is 12.5. The molecule has 1 atom stereocenters. The molecule has 7 heteroatoms. The fourth-order valence-electron chi connectivity index (χ4n) is 1.74. The van der Waals surface area contributed by atoms with Crippen LogP contribution in [0.15, 0.2) is 47.6 Å². The van der Waals surface area contributed by atoms with Gasteiger partial charge in [-0.1, -0.05) is 12.1 Å². The first-order chi connectivity index (χ1) is 10.4. The fraction of sp³-hybridized carbons (Fsp3) is 0.267. The highest BCUT2D eigenvalue weighted by Crippen LogP contribution is 2.30. The summed E-state index contributed by atoms with van der Waals surface area (Å²) in [5.74, 6) is 0.917. The Morgan fingerprint density at radius 2 is 2.05 bits per heavy atom. The molecule has 0 bridgehead atoms. The lowest BCUT2D eigenvalue weighted by Crippen LogP contribution is -2.05. The number of halogens is 3. The first-order valence-electron chi connectivity index (χ1n) is 6.38. The summed E-state index contributed by atoms with van der Waals surface area (Å²) >= 11 is 1.19. The van der Waals surface area contributed by atoms with E-state index in [1.54, 1.807) is 24.3 Å². The van der Waals surface area contributed by atoms with Crippen LogP contribution in [0.1, 0.15) is 17.2 Å². The van der Waals surface area contributed by atoms with Crippen LogP contribution >= 0.6 is 11.8 Å². The van der Waals surface area contributed by atoms with Gasteiger partial charge in [-0.3, -0.25) is 0 Å². The van der Waals surface area contributed by atoms with Crippen LogP contribution in [0.3, 0.4) is 0 Å². The maximum absolute atomic E-state index is 12.4. The number of benzene rings is 1. The number of hydrogen-bond acceptors (Lipinski definition) is 4. The average Bonchev–Trinajstić information content (AvgIpc) is 2.52. The molecule has 1 heterocycles. The van der Waals surface area contributed by atoms with Crippen molar-refractivity contribution < 1.29 is 23.0 Å². The third-order valence-electron chi connectivity index (χ3n) is 2.93. The Hall–Kier alpha value is -1.73. The molecule has 1 N–H and O–H groups in total. The number of aromatic nitrogens is 1. The van der Waals surface area contributed by atoms with Gasteiger partial charge in [-0.2, -0.15) is 13.2 Å². The molecule has 0 aliphatic carbocycles. The predicted molar refractivity (Wildman–Crippen MR) is 77.9 cm³/mol. The highest BCUT2D eigenvalue weighted by molar-refractivity contribution is 7.99. The number of hydrogen-bond donors (Lipinski definition) is 1. The van der Waals surface area contributed by atoms with Crippen molar-refractivity contribution in [2.45, 2.75) is 17.3 Å². The Morgan fingerprint density at radius 1 is 1.27 bits per heavy atom. The van der Waals surface area contributed by atoms with E-state index in [-0.39, 0.29) is 5.75 Å². The van der Waals surface area contributed by atoms with Gasteiger partial charge in [0.2, 0.25) is 0 Å². The molecule has 2 aromatic rings. The molecule has 22 heavy (non-hydrogen) atoms. The van der Waals surface area contributed by atoms with E-state index in [9.17, 15) is 18.3 Å². The third kappa shape index (κ3) is 4.38. The Morgan fingerprint density at radius 3 is 2.64 bits per heavy atom. The maximum Gasteiger partial charge on any atom is 0.417 e. The van der Waals surface area contributed by atoms with Crippen LogP contribution in [0.25, 0.3) is 0 Å². The summed E-state index contributed by atoms with van der Waals surface area (Å²) in [4.78, 5) is 3.75. The highest BCUT2D eigenvalue weighted by atomic mass is 32.2. The lowest BCUT2D eigenvalue weighted by molar-refractivity contribution is -0.137. The molecule has 0 spiro atoms. The summed E-state index contributed by atoms with van der Waals surface area (Å²) in [5, 5.41) is 10.5. The molecule has 1 aromatic heterocycles. The standard InChI is InChI=1S/C15H14F3NO2S/c1-21-12-4-2-3-10(7-12)13(20)9-22-14-6-5-11(8-19-14)15(16,17)18/h2-8,13,20H,9H2,1H3. The molecule has 0 radical (unpaired) electrons. The largest absolute Gasteiger partial charge is 0.497 e. The minimum atomic E-state index is -4.39. The summed E-state index contributed by atoms with van der Waals surface area (Å²) in [6.07, 6.45) is -4.36. The van der Waals surface area contributed by atoms with E-state index in [2.05, 4.69) is 4.98 Å². The minimum absolute atomic E-state index is 0.283. The van der Waals surface area contributed by atoms with Crippen molar-refractivity contribution in [1.82, 2.24) is 4.98 Å². The molecule has 0 fully saturated rings. The van der Waals surface area contributed by atoms with Crippen LogP contribution in [0.4, 0.5) is 13.2 Å². The summed E-state index contributed by atoms with van der Waals surface area (Å²) in [7, 11) is 1.53. The Bertz CT molecular complexity index is 617. The Kier molecular flexibility index (Phi) is 5.31. The summed E-state index contributed by atoms with van der Waals surface area (Å²) in [6, 6.07) is 9.28. The van der Waals surface area contributed by atoms with Crippen molar-refractivity contribution in [1.29, 1.82) is 0 Å². The van der Waals surface area contributed by atoms with Gasteiger partial charge in [-0.15, -0.1) is 11.8 Å². The van der Waals surface area contributed by atoms with Crippen LogP contribution in [-0.4, -0.2) is 23.0 Å². The smallest absolute Gasteiger partial charge is 0.417 e. The number of ether oxygens (including phenoxy) is 1. The van der Waals surface area contributed by atoms with E-state index >= 15 is 0 Å². The van der Waals surface area contributed by atoms with Crippen molar-refractivity contribution in [2.24, 2.45) is 0 Å². The number of alkyl halides is 3. The molecule has 118 valence electrons. The second-order valence-electron chi connectivity index (χ2n) is 4.49. The molecule has 0 amide bonds. The van der Waals surface area contributed by atoms with E-state index in [0.29, 0.717) is 16.3 Å². The van der Waals surface area contributed by atoms with E-state index in [1.165, 1.54) is 24.9 Å². The van der Waals surface area contributed by atoms with Gasteiger partial charge in [0.1, 0.15) is 5.75 Å². The number of pyridine rings is 1. The average molecular weight is 329 g/mol. The monoisotopic (exact) mass is 329 g/mol. The molecule has 0 aliphatic heterocycles. The fourth-order valence-corrected chi connectivity index (χ4v) is 2.56. The van der Waals surface area contributed by atoms with Gasteiger partial charge in [0.05, 0.1) is 23.8 Å². The van der Waals surface area contributed by atoms with Gasteiger partial charge >= 0.3 is 6.18 Å². The zero-order valence-electron chi connectivity index (χ0n) is 11.7. The Labute approximate surface area is 130 Å². The Balaban J connectivity index is 1.97. The van der Waals surface area contributed by atoms with Crippen molar-refractivity contribution in [3.8, 4) is 5.75 Å². The SMILES string of the molecule is COc1cccc(C(O)CSc2ccc(C(F)(F)F)cn2)c1. The molecular weight excluding hydrogens is 315 g/mol. The van der Waals surface area contributed by atoms with Gasteiger partial charge in [0, 0.05) is 11.9 Å². The minimum Gasteiger partial charge on any atom is -0.497 e. The van der Waals surface area contributed by atoms with Crippen LogP contribution in [-0.2, 0) is 6.18 Å². The van der Waals surface area contributed by atoms with Crippen molar-refractivity contribution >= 4 is 11.8 Å². The molecule has 3 nitrogen and oxygen atoms in total. The van der Waals surface area contributed by atoms with Crippen molar-refractivity contribution in [3.05, 3.63) is 53.7 Å². The molecular formula is C15H14F3NO2S. The first kappa shape index (κ1) is 16.6. The van der Waals surface area contributed by atoms with Crippen LogP contribution in [0.2, 0.25) is 0 Å². The van der Waals surface area contributed by atoms with Crippen LogP contribution in [0.5, 0.6) is 5.75 Å². The second-order valence-corrected chi connectivity index (χ2v) is 5.53. The number of aliphatic hydroxyl groups excluding tert-OH is 1. The van der Waals surface area contributed by atoms with E-state index in [4.69, 9.17) is 4.74 Å². The van der Waals surface area contributed by atoms with E-state index in [1.807, 2.05) is 0 Å². The summed E-state index contributed by atoms with van der Waals surface area (Å²) in [6.45, 7) is 0. The number of rotatable bonds is 5. The molecule has 0 saturated heterocycles. The lowest BCUT2D eigenvalue weighted by Gasteiger charge is -2.12. The zero-order chi connectivity index (χ0) is 16.2. The number of nitrogens with zero attached hydrogens (tertiary/aromatic N) is 1. The second kappa shape index (κ2) is 7.02. The van der Waals surface area contributed by atoms with Crippen LogP contribution < -0.4 is 4.74 Å². The van der Waals surface area contributed by atoms with Gasteiger partial charge in [-0.05, 0) is 29.8 Å². The first-order valence-corrected chi connectivity index (χ1v) is 7.37. The molecule has 0 saturated carbocycles. The van der Waals surface area contributed by atoms with Gasteiger partial charge in [0.25, 0.3) is 0 Å². The topological polar surface area (TPSA) is 42.4 Å². The van der Waals surface area contributed by atoms with Crippen molar-refractivity contribution in [3.63, 3.8) is 0 Å². The number of aliphatic hydroxyl groups is 1. The van der Waals surface area contributed by atoms with Gasteiger partial charge in [0.15, 0.2) is 0 Å². The number of methoxy groups -OCH3 is 1. The van der Waals surface area contributed by atoms with E-state index in [0.717, 1.165) is 12.3 Å². The highest BCUT2D eigenvalue weighted by Gasteiger charge is 2.30. The molecule has 2 rings (SSSR count). The normalized spacial score (nSPS) is 13.0. The lowest BCUT2D eigenvalue weighted by atomic mass is 10.1. The maximum atomic E-state index is 12.4. The van der Waals surface area contributed by atoms with Crippen molar-refractivity contribution in [2.75, 3.05) is 12.9 Å². The van der Waals surface area contributed by atoms with Gasteiger partial charge in [-0.25, -0.2) is 4.98 Å². The quantitative estimate of drug-likeness (QED) is 0.844. The third-order valence-corrected chi connectivity index (χ3v) is 3.95. The van der Waals surface area contributed by atoms with Gasteiger partial charge < -0.3 is 9.84 Å². The summed E-state index contributed by atoms with van der Waals surface area (Å²) in [5.41, 5.74) is -0.107. The predicted octanol–water partition coefficient (Wildman–Crippen LogP) is 3.93. The summed E-state index contributed by atoms with van der Waals surface area (Å²) < 4.78 is 42.4. The number of thioether (sulfide) groups is 1. The molecule has 0 aliphatic rings. The van der Waals surface area contributed by atoms with Crippen LogP contribution in [0, 0.1) is 0 Å². The molecule has 1 aromatic carbocycles. The van der Waals surface area contributed by atoms with E-state index < -0.39 is 17.8 Å². The molecule has 1 unspecified atom stereocenters.